The fraction of sp³-hybridized carbons (Fsp3) is 0.500. The molecule has 154 valence electrons. The molecule has 1 aromatic carbocycles. The molecule has 1 aromatic heterocycles. The van der Waals surface area contributed by atoms with Gasteiger partial charge in [-0.15, -0.1) is 0 Å². The number of hydrogen-bond acceptors (Lipinski definition) is 5. The van der Waals surface area contributed by atoms with Gasteiger partial charge < -0.3 is 14.5 Å². The second kappa shape index (κ2) is 8.86. The van der Waals surface area contributed by atoms with Crippen molar-refractivity contribution in [1.29, 1.82) is 0 Å². The highest BCUT2D eigenvalue weighted by molar-refractivity contribution is 5.79. The number of piperidine rings is 2. The van der Waals surface area contributed by atoms with Gasteiger partial charge in [0.2, 0.25) is 11.8 Å². The Morgan fingerprint density at radius 2 is 1.86 bits per heavy atom. The zero-order valence-electron chi connectivity index (χ0n) is 16.8. The van der Waals surface area contributed by atoms with Crippen LogP contribution >= 0.6 is 0 Å². The van der Waals surface area contributed by atoms with E-state index in [1.165, 1.54) is 18.3 Å². The van der Waals surface area contributed by atoms with Crippen LogP contribution in [-0.2, 0) is 4.79 Å². The molecule has 0 N–H and O–H groups in total. The number of benzene rings is 1. The number of aromatic nitrogens is 2. The van der Waals surface area contributed by atoms with Crippen molar-refractivity contribution in [3.05, 3.63) is 48.2 Å². The van der Waals surface area contributed by atoms with Crippen LogP contribution < -0.4 is 4.74 Å². The molecular weight excluding hydrogens is 371 g/mol. The van der Waals surface area contributed by atoms with Crippen LogP contribution in [0.25, 0.3) is 0 Å². The van der Waals surface area contributed by atoms with Crippen molar-refractivity contribution in [3.63, 3.8) is 0 Å². The van der Waals surface area contributed by atoms with Crippen molar-refractivity contribution >= 4 is 5.91 Å². The Bertz CT molecular complexity index is 846. The Labute approximate surface area is 170 Å². The summed E-state index contributed by atoms with van der Waals surface area (Å²) in [5.74, 6) is 1.14. The van der Waals surface area contributed by atoms with E-state index in [2.05, 4.69) is 21.9 Å². The van der Waals surface area contributed by atoms with E-state index in [4.69, 9.17) is 4.74 Å². The molecule has 0 atom stereocenters. The lowest BCUT2D eigenvalue weighted by molar-refractivity contribution is -0.138. The monoisotopic (exact) mass is 398 g/mol. The molecule has 1 amide bonds. The first-order chi connectivity index (χ1) is 14.1. The third-order valence-corrected chi connectivity index (χ3v) is 5.94. The fourth-order valence-corrected chi connectivity index (χ4v) is 4.17. The average molecular weight is 398 g/mol. The number of rotatable bonds is 4. The van der Waals surface area contributed by atoms with Gasteiger partial charge in [-0.2, -0.15) is 0 Å². The standard InChI is InChI=1S/C22H27FN4O2/c1-26-9-5-17(6-10-26)22(28)27-11-7-16(8-12-27)20-14-24-15-21(25-20)29-19-4-2-3-18(23)13-19/h2-4,13-17H,5-12H2,1H3. The molecule has 0 aliphatic carbocycles. The molecule has 7 heteroatoms. The van der Waals surface area contributed by atoms with Crippen LogP contribution in [0.5, 0.6) is 11.6 Å². The Hall–Kier alpha value is -2.54. The molecular formula is C22H27FN4O2. The van der Waals surface area contributed by atoms with Crippen LogP contribution in [0.3, 0.4) is 0 Å². The Morgan fingerprint density at radius 1 is 1.10 bits per heavy atom. The van der Waals surface area contributed by atoms with Crippen molar-refractivity contribution in [2.45, 2.75) is 31.6 Å². The summed E-state index contributed by atoms with van der Waals surface area (Å²) in [6.45, 7) is 3.51. The number of carbonyl (C=O) groups is 1. The highest BCUT2D eigenvalue weighted by atomic mass is 19.1. The third-order valence-electron chi connectivity index (χ3n) is 5.94. The molecule has 3 heterocycles. The SMILES string of the molecule is CN1CCC(C(=O)N2CCC(c3cncc(Oc4cccc(F)c4)n3)CC2)CC1. The first kappa shape index (κ1) is 19.8. The van der Waals surface area contributed by atoms with Crippen LogP contribution in [0.15, 0.2) is 36.7 Å². The minimum Gasteiger partial charge on any atom is -0.437 e. The van der Waals surface area contributed by atoms with Gasteiger partial charge in [-0.1, -0.05) is 6.07 Å². The number of hydrogen-bond donors (Lipinski definition) is 0. The number of ether oxygens (including phenoxy) is 1. The highest BCUT2D eigenvalue weighted by Crippen LogP contribution is 2.30. The number of halogens is 1. The second-order valence-corrected chi connectivity index (χ2v) is 8.02. The molecule has 4 rings (SSSR count). The Balaban J connectivity index is 1.34. The summed E-state index contributed by atoms with van der Waals surface area (Å²) < 4.78 is 19.0. The van der Waals surface area contributed by atoms with E-state index in [9.17, 15) is 9.18 Å². The molecule has 2 saturated heterocycles. The minimum absolute atomic E-state index is 0.172. The largest absolute Gasteiger partial charge is 0.437 e. The molecule has 6 nitrogen and oxygen atoms in total. The molecule has 0 radical (unpaired) electrons. The number of carbonyl (C=O) groups excluding carboxylic acids is 1. The quantitative estimate of drug-likeness (QED) is 0.790. The second-order valence-electron chi connectivity index (χ2n) is 8.02. The number of amides is 1. The summed E-state index contributed by atoms with van der Waals surface area (Å²) in [5, 5.41) is 0. The maximum absolute atomic E-state index is 13.3. The van der Waals surface area contributed by atoms with Crippen LogP contribution in [0.1, 0.15) is 37.3 Å². The minimum atomic E-state index is -0.353. The van der Waals surface area contributed by atoms with Crippen molar-refractivity contribution in [3.8, 4) is 11.6 Å². The van der Waals surface area contributed by atoms with Gasteiger partial charge in [-0.05, 0) is 58.0 Å². The van der Waals surface area contributed by atoms with Crippen molar-refractivity contribution in [1.82, 2.24) is 19.8 Å². The lowest BCUT2D eigenvalue weighted by Gasteiger charge is -2.36. The zero-order valence-corrected chi connectivity index (χ0v) is 16.8. The van der Waals surface area contributed by atoms with Crippen molar-refractivity contribution < 1.29 is 13.9 Å². The van der Waals surface area contributed by atoms with E-state index in [0.29, 0.717) is 17.5 Å². The average Bonchev–Trinajstić information content (AvgIpc) is 2.74. The topological polar surface area (TPSA) is 58.6 Å². The Morgan fingerprint density at radius 3 is 2.59 bits per heavy atom. The molecule has 2 fully saturated rings. The van der Waals surface area contributed by atoms with Crippen LogP contribution in [0.2, 0.25) is 0 Å². The van der Waals surface area contributed by atoms with Crippen molar-refractivity contribution in [2.24, 2.45) is 5.92 Å². The van der Waals surface area contributed by atoms with Gasteiger partial charge in [-0.25, -0.2) is 9.37 Å². The summed E-state index contributed by atoms with van der Waals surface area (Å²) in [4.78, 5) is 25.9. The normalized spacial score (nSPS) is 19.3. The fourth-order valence-electron chi connectivity index (χ4n) is 4.17. The van der Waals surface area contributed by atoms with E-state index >= 15 is 0 Å². The van der Waals surface area contributed by atoms with E-state index in [1.54, 1.807) is 18.3 Å². The number of likely N-dealkylation sites (tertiary alicyclic amines) is 2. The molecule has 0 bridgehead atoms. The molecule has 0 unspecified atom stereocenters. The van der Waals surface area contributed by atoms with Gasteiger partial charge in [0.25, 0.3) is 0 Å². The zero-order chi connectivity index (χ0) is 20.2. The van der Waals surface area contributed by atoms with Crippen LogP contribution in [-0.4, -0.2) is 58.9 Å². The predicted molar refractivity (Wildman–Crippen MR) is 107 cm³/mol. The van der Waals surface area contributed by atoms with Crippen LogP contribution in [0.4, 0.5) is 4.39 Å². The lowest BCUT2D eigenvalue weighted by Crippen LogP contribution is -2.44. The van der Waals surface area contributed by atoms with Gasteiger partial charge in [0.15, 0.2) is 0 Å². The van der Waals surface area contributed by atoms with Gasteiger partial charge in [-0.3, -0.25) is 9.78 Å². The van der Waals surface area contributed by atoms with Gasteiger partial charge in [0.1, 0.15) is 11.6 Å². The molecule has 2 aliphatic rings. The molecule has 0 spiro atoms. The van der Waals surface area contributed by atoms with E-state index in [1.807, 2.05) is 4.90 Å². The van der Waals surface area contributed by atoms with E-state index in [0.717, 1.165) is 57.6 Å². The third kappa shape index (κ3) is 4.90. The molecule has 0 saturated carbocycles. The van der Waals surface area contributed by atoms with E-state index in [-0.39, 0.29) is 17.7 Å². The summed E-state index contributed by atoms with van der Waals surface area (Å²) in [6, 6.07) is 5.97. The molecule has 2 aliphatic heterocycles. The van der Waals surface area contributed by atoms with Gasteiger partial charge >= 0.3 is 0 Å². The van der Waals surface area contributed by atoms with E-state index < -0.39 is 0 Å². The Kier molecular flexibility index (Phi) is 6.04. The maximum atomic E-state index is 13.3. The smallest absolute Gasteiger partial charge is 0.238 e. The predicted octanol–water partition coefficient (Wildman–Crippen LogP) is 3.46. The summed E-state index contributed by atoms with van der Waals surface area (Å²) in [7, 11) is 2.11. The summed E-state index contributed by atoms with van der Waals surface area (Å²) >= 11 is 0. The molecule has 29 heavy (non-hydrogen) atoms. The highest BCUT2D eigenvalue weighted by Gasteiger charge is 2.31. The van der Waals surface area contributed by atoms with Crippen molar-refractivity contribution in [2.75, 3.05) is 33.2 Å². The van der Waals surface area contributed by atoms with Gasteiger partial charge in [0, 0.05) is 37.2 Å². The first-order valence-electron chi connectivity index (χ1n) is 10.3. The summed E-state index contributed by atoms with van der Waals surface area (Å²) in [5.41, 5.74) is 0.866. The first-order valence-corrected chi connectivity index (χ1v) is 10.3. The molecule has 2 aromatic rings. The van der Waals surface area contributed by atoms with Gasteiger partial charge in [0.05, 0.1) is 11.9 Å². The summed E-state index contributed by atoms with van der Waals surface area (Å²) in [6.07, 6.45) is 6.96. The lowest BCUT2D eigenvalue weighted by atomic mass is 9.91. The maximum Gasteiger partial charge on any atom is 0.238 e. The number of nitrogens with zero attached hydrogens (tertiary/aromatic N) is 4. The van der Waals surface area contributed by atoms with Crippen LogP contribution in [0, 0.1) is 11.7 Å².